The van der Waals surface area contributed by atoms with E-state index in [1.807, 2.05) is 32.4 Å². The molecule has 1 aromatic heterocycles. The third kappa shape index (κ3) is 1.52. The normalized spacial score (nSPS) is 14.9. The number of fused-ring (bicyclic) bond motifs is 1. The maximum absolute atomic E-state index is 12.2. The number of allylic oxidation sites excluding steroid dienone is 2. The van der Waals surface area contributed by atoms with E-state index in [-0.39, 0.29) is 23.2 Å². The maximum atomic E-state index is 12.2. The van der Waals surface area contributed by atoms with Crippen LogP contribution in [0, 0.1) is 6.92 Å². The molecule has 0 fully saturated rings. The van der Waals surface area contributed by atoms with Gasteiger partial charge in [-0.3, -0.25) is 9.59 Å². The van der Waals surface area contributed by atoms with E-state index < -0.39 is 0 Å². The standard InChI is InChI=1S/C14H17NO3/c1-7(2)12-8(3)11-13(15(12)4)9(16)6-10(18-5)14(11)17/h6-7H,1-5H3. The number of methoxy groups -OCH3 is 1. The molecule has 4 heteroatoms. The fourth-order valence-corrected chi connectivity index (χ4v) is 2.76. The molecule has 0 saturated carbocycles. The number of ketones is 2. The first-order valence-corrected chi connectivity index (χ1v) is 5.94. The van der Waals surface area contributed by atoms with Gasteiger partial charge in [0.2, 0.25) is 11.6 Å². The molecule has 96 valence electrons. The lowest BCUT2D eigenvalue weighted by molar-refractivity contribution is 0.0913. The van der Waals surface area contributed by atoms with Crippen molar-refractivity contribution in [1.82, 2.24) is 4.57 Å². The van der Waals surface area contributed by atoms with E-state index in [1.165, 1.54) is 13.2 Å². The lowest BCUT2D eigenvalue weighted by Gasteiger charge is -2.12. The van der Waals surface area contributed by atoms with Gasteiger partial charge in [0.15, 0.2) is 5.76 Å². The van der Waals surface area contributed by atoms with Gasteiger partial charge in [-0.15, -0.1) is 0 Å². The van der Waals surface area contributed by atoms with Crippen molar-refractivity contribution in [3.63, 3.8) is 0 Å². The number of carbonyl (C=O) groups is 2. The molecule has 1 aliphatic rings. The van der Waals surface area contributed by atoms with Gasteiger partial charge in [-0.25, -0.2) is 0 Å². The molecule has 1 aliphatic carbocycles. The van der Waals surface area contributed by atoms with Crippen molar-refractivity contribution < 1.29 is 14.3 Å². The monoisotopic (exact) mass is 247 g/mol. The average molecular weight is 247 g/mol. The third-order valence-electron chi connectivity index (χ3n) is 3.41. The molecule has 0 aliphatic heterocycles. The molecule has 0 atom stereocenters. The van der Waals surface area contributed by atoms with Gasteiger partial charge >= 0.3 is 0 Å². The lowest BCUT2D eigenvalue weighted by Crippen LogP contribution is -2.19. The van der Waals surface area contributed by atoms with Crippen LogP contribution in [-0.4, -0.2) is 23.2 Å². The molecule has 0 saturated heterocycles. The Balaban J connectivity index is 2.75. The van der Waals surface area contributed by atoms with Crippen molar-refractivity contribution in [2.24, 2.45) is 7.05 Å². The highest BCUT2D eigenvalue weighted by Gasteiger charge is 2.33. The van der Waals surface area contributed by atoms with Gasteiger partial charge in [0.05, 0.1) is 12.7 Å². The molecule has 0 unspecified atom stereocenters. The van der Waals surface area contributed by atoms with Gasteiger partial charge in [0, 0.05) is 18.8 Å². The summed E-state index contributed by atoms with van der Waals surface area (Å²) in [6.45, 7) is 5.98. The molecule has 1 heterocycles. The van der Waals surface area contributed by atoms with E-state index in [1.54, 1.807) is 0 Å². The first-order valence-electron chi connectivity index (χ1n) is 5.94. The summed E-state index contributed by atoms with van der Waals surface area (Å²) in [6.07, 6.45) is 1.27. The molecule has 0 N–H and O–H groups in total. The van der Waals surface area contributed by atoms with E-state index in [0.29, 0.717) is 11.3 Å². The molecular formula is C14H17NO3. The first-order chi connectivity index (χ1) is 8.40. The molecule has 0 spiro atoms. The Morgan fingerprint density at radius 1 is 1.28 bits per heavy atom. The molecule has 2 rings (SSSR count). The molecule has 18 heavy (non-hydrogen) atoms. The summed E-state index contributed by atoms with van der Waals surface area (Å²) < 4.78 is 6.81. The Morgan fingerprint density at radius 3 is 2.39 bits per heavy atom. The summed E-state index contributed by atoms with van der Waals surface area (Å²) in [6, 6.07) is 0. The van der Waals surface area contributed by atoms with Gasteiger partial charge in [-0.2, -0.15) is 0 Å². The number of carbonyl (C=O) groups excluding carboxylic acids is 2. The Morgan fingerprint density at radius 2 is 1.89 bits per heavy atom. The van der Waals surface area contributed by atoms with E-state index in [2.05, 4.69) is 0 Å². The number of nitrogens with zero attached hydrogens (tertiary/aromatic N) is 1. The molecule has 0 aromatic carbocycles. The second-order valence-corrected chi connectivity index (χ2v) is 4.85. The number of ether oxygens (including phenoxy) is 1. The van der Waals surface area contributed by atoms with Crippen LogP contribution in [0.1, 0.15) is 51.9 Å². The highest BCUT2D eigenvalue weighted by Crippen LogP contribution is 2.32. The van der Waals surface area contributed by atoms with Crippen molar-refractivity contribution in [2.45, 2.75) is 26.7 Å². The minimum atomic E-state index is -0.202. The van der Waals surface area contributed by atoms with Crippen molar-refractivity contribution in [3.8, 4) is 0 Å². The molecule has 1 aromatic rings. The predicted molar refractivity (Wildman–Crippen MR) is 68.0 cm³/mol. The van der Waals surface area contributed by atoms with Gasteiger partial charge in [0.25, 0.3) is 0 Å². The highest BCUT2D eigenvalue weighted by atomic mass is 16.5. The van der Waals surface area contributed by atoms with Gasteiger partial charge < -0.3 is 9.30 Å². The van der Waals surface area contributed by atoms with E-state index >= 15 is 0 Å². The Hall–Kier alpha value is -1.84. The van der Waals surface area contributed by atoms with Crippen LogP contribution in [0.25, 0.3) is 0 Å². The number of Topliss-reactive ketones (excluding diaryl/α,β-unsaturated/α-hetero) is 1. The number of hydrogen-bond acceptors (Lipinski definition) is 3. The van der Waals surface area contributed by atoms with Crippen molar-refractivity contribution in [2.75, 3.05) is 7.11 Å². The molecular weight excluding hydrogens is 230 g/mol. The van der Waals surface area contributed by atoms with Crippen LogP contribution in [0.3, 0.4) is 0 Å². The number of aromatic nitrogens is 1. The number of hydrogen-bond donors (Lipinski definition) is 0. The van der Waals surface area contributed by atoms with Gasteiger partial charge in [0.1, 0.15) is 5.69 Å². The summed E-state index contributed by atoms with van der Waals surface area (Å²) >= 11 is 0. The zero-order chi connectivity index (χ0) is 13.6. The molecule has 0 radical (unpaired) electrons. The third-order valence-corrected chi connectivity index (χ3v) is 3.41. The summed E-state index contributed by atoms with van der Waals surface area (Å²) in [5, 5.41) is 0. The lowest BCUT2D eigenvalue weighted by atomic mass is 9.95. The molecule has 0 bridgehead atoms. The Kier molecular flexibility index (Phi) is 2.89. The van der Waals surface area contributed by atoms with Crippen LogP contribution >= 0.6 is 0 Å². The summed E-state index contributed by atoms with van der Waals surface area (Å²) in [5.41, 5.74) is 2.86. The van der Waals surface area contributed by atoms with Crippen LogP contribution in [0.15, 0.2) is 11.8 Å². The summed E-state index contributed by atoms with van der Waals surface area (Å²) in [4.78, 5) is 24.3. The van der Waals surface area contributed by atoms with Crippen LogP contribution < -0.4 is 0 Å². The Bertz CT molecular complexity index is 576. The van der Waals surface area contributed by atoms with Crippen LogP contribution in [-0.2, 0) is 11.8 Å². The van der Waals surface area contributed by atoms with Gasteiger partial charge in [-0.1, -0.05) is 13.8 Å². The topological polar surface area (TPSA) is 48.3 Å². The van der Waals surface area contributed by atoms with Gasteiger partial charge in [-0.05, 0) is 18.4 Å². The largest absolute Gasteiger partial charge is 0.492 e. The fourth-order valence-electron chi connectivity index (χ4n) is 2.76. The molecule has 0 amide bonds. The van der Waals surface area contributed by atoms with E-state index in [9.17, 15) is 9.59 Å². The highest BCUT2D eigenvalue weighted by molar-refractivity contribution is 6.24. The molecule has 4 nitrogen and oxygen atoms in total. The second kappa shape index (κ2) is 4.12. The predicted octanol–water partition coefficient (Wildman–Crippen LogP) is 2.37. The zero-order valence-electron chi connectivity index (χ0n) is 11.3. The van der Waals surface area contributed by atoms with Crippen molar-refractivity contribution in [3.05, 3.63) is 34.3 Å². The van der Waals surface area contributed by atoms with Crippen molar-refractivity contribution in [1.29, 1.82) is 0 Å². The SMILES string of the molecule is COC1=CC(=O)c2c(c(C)c(C(C)C)n2C)C1=O. The maximum Gasteiger partial charge on any atom is 0.230 e. The zero-order valence-corrected chi connectivity index (χ0v) is 11.3. The van der Waals surface area contributed by atoms with Crippen molar-refractivity contribution >= 4 is 11.6 Å². The van der Waals surface area contributed by atoms with Crippen LogP contribution in [0.5, 0.6) is 0 Å². The Labute approximate surface area is 106 Å². The minimum absolute atomic E-state index is 0.122. The minimum Gasteiger partial charge on any atom is -0.492 e. The fraction of sp³-hybridized carbons (Fsp3) is 0.429. The summed E-state index contributed by atoms with van der Waals surface area (Å²) in [7, 11) is 3.24. The van der Waals surface area contributed by atoms with Crippen LogP contribution in [0.2, 0.25) is 0 Å². The van der Waals surface area contributed by atoms with E-state index in [0.717, 1.165) is 11.3 Å². The quantitative estimate of drug-likeness (QED) is 0.806. The summed E-state index contributed by atoms with van der Waals surface area (Å²) in [5.74, 6) is 0.00903. The van der Waals surface area contributed by atoms with E-state index in [4.69, 9.17) is 4.74 Å². The second-order valence-electron chi connectivity index (χ2n) is 4.85. The smallest absolute Gasteiger partial charge is 0.230 e. The number of rotatable bonds is 2. The van der Waals surface area contributed by atoms with Crippen LogP contribution in [0.4, 0.5) is 0 Å². The average Bonchev–Trinajstić information content (AvgIpc) is 2.56. The first kappa shape index (κ1) is 12.6.